The standard InChI is InChI=1S/C30H31NO2/c32-29(23-14-6-2-7-15-23)26-20-31(25-18-10-11-19-25)21-27(28(26)22-12-4-1-5-13-22)30(33)24-16-8-3-9-17-24/h1-9,12-17,25-28H,10-11,18-21H2/t26-,27+,28+. The Kier molecular flexibility index (Phi) is 6.50. The maximum atomic E-state index is 13.9. The van der Waals surface area contributed by atoms with Crippen LogP contribution >= 0.6 is 0 Å². The fourth-order valence-electron chi connectivity index (χ4n) is 5.92. The van der Waals surface area contributed by atoms with Crippen LogP contribution < -0.4 is 0 Å². The summed E-state index contributed by atoms with van der Waals surface area (Å²) in [6.45, 7) is 1.44. The van der Waals surface area contributed by atoms with E-state index >= 15 is 0 Å². The molecule has 168 valence electrons. The van der Waals surface area contributed by atoms with E-state index in [-0.39, 0.29) is 29.3 Å². The van der Waals surface area contributed by atoms with Gasteiger partial charge in [0, 0.05) is 48.0 Å². The molecule has 1 saturated heterocycles. The van der Waals surface area contributed by atoms with Crippen LogP contribution in [0.2, 0.25) is 0 Å². The first-order valence-corrected chi connectivity index (χ1v) is 12.2. The minimum Gasteiger partial charge on any atom is -0.299 e. The van der Waals surface area contributed by atoms with E-state index in [0.29, 0.717) is 6.04 Å². The average Bonchev–Trinajstić information content (AvgIpc) is 3.44. The summed E-state index contributed by atoms with van der Waals surface area (Å²) in [5, 5.41) is 0. The molecule has 33 heavy (non-hydrogen) atoms. The molecule has 0 N–H and O–H groups in total. The molecule has 3 nitrogen and oxygen atoms in total. The Morgan fingerprint density at radius 3 is 1.48 bits per heavy atom. The summed E-state index contributed by atoms with van der Waals surface area (Å²) in [7, 11) is 0. The molecule has 5 rings (SSSR count). The number of ketones is 2. The molecule has 0 amide bonds. The molecule has 0 bridgehead atoms. The van der Waals surface area contributed by atoms with E-state index in [1.165, 1.54) is 12.8 Å². The van der Waals surface area contributed by atoms with Crippen molar-refractivity contribution in [3.8, 4) is 0 Å². The van der Waals surface area contributed by atoms with Gasteiger partial charge in [-0.2, -0.15) is 0 Å². The quantitative estimate of drug-likeness (QED) is 0.442. The lowest BCUT2D eigenvalue weighted by atomic mass is 9.68. The normalized spacial score (nSPS) is 23.9. The van der Waals surface area contributed by atoms with Gasteiger partial charge in [-0.15, -0.1) is 0 Å². The summed E-state index contributed by atoms with van der Waals surface area (Å²) in [6.07, 6.45) is 4.79. The molecule has 3 atom stereocenters. The smallest absolute Gasteiger partial charge is 0.167 e. The molecule has 0 unspecified atom stereocenters. The molecule has 1 aliphatic heterocycles. The number of hydrogen-bond acceptors (Lipinski definition) is 3. The molecule has 1 saturated carbocycles. The number of likely N-dealkylation sites (tertiary alicyclic amines) is 1. The number of carbonyl (C=O) groups is 2. The highest BCUT2D eigenvalue weighted by molar-refractivity contribution is 6.02. The van der Waals surface area contributed by atoms with E-state index in [0.717, 1.165) is 42.6 Å². The largest absolute Gasteiger partial charge is 0.299 e. The highest BCUT2D eigenvalue weighted by atomic mass is 16.1. The van der Waals surface area contributed by atoms with Gasteiger partial charge < -0.3 is 0 Å². The molecule has 1 aliphatic carbocycles. The van der Waals surface area contributed by atoms with Crippen LogP contribution in [0.1, 0.15) is 57.9 Å². The molecular formula is C30H31NO2. The van der Waals surface area contributed by atoms with E-state index in [9.17, 15) is 9.59 Å². The molecule has 0 radical (unpaired) electrons. The number of hydrogen-bond donors (Lipinski definition) is 0. The highest BCUT2D eigenvalue weighted by Crippen LogP contribution is 2.42. The summed E-state index contributed by atoms with van der Waals surface area (Å²) in [5.74, 6) is -0.330. The first-order chi connectivity index (χ1) is 16.2. The fourth-order valence-corrected chi connectivity index (χ4v) is 5.92. The highest BCUT2D eigenvalue weighted by Gasteiger charge is 2.46. The molecule has 1 heterocycles. The Morgan fingerprint density at radius 1 is 0.606 bits per heavy atom. The van der Waals surface area contributed by atoms with Crippen LogP contribution in [0.15, 0.2) is 91.0 Å². The summed E-state index contributed by atoms with van der Waals surface area (Å²) in [4.78, 5) is 30.3. The van der Waals surface area contributed by atoms with Gasteiger partial charge in [-0.3, -0.25) is 14.5 Å². The van der Waals surface area contributed by atoms with E-state index in [4.69, 9.17) is 0 Å². The van der Waals surface area contributed by atoms with Crippen molar-refractivity contribution in [1.82, 2.24) is 4.90 Å². The van der Waals surface area contributed by atoms with Crippen LogP contribution in [0.25, 0.3) is 0 Å². The molecule has 3 heteroatoms. The summed E-state index contributed by atoms with van der Waals surface area (Å²) < 4.78 is 0. The van der Waals surface area contributed by atoms with E-state index in [1.807, 2.05) is 78.9 Å². The van der Waals surface area contributed by atoms with Crippen molar-refractivity contribution in [3.05, 3.63) is 108 Å². The van der Waals surface area contributed by atoms with E-state index in [1.54, 1.807) is 0 Å². The van der Waals surface area contributed by atoms with Crippen LogP contribution in [0.3, 0.4) is 0 Å². The maximum Gasteiger partial charge on any atom is 0.167 e. The molecule has 3 aromatic carbocycles. The Morgan fingerprint density at radius 2 is 1.03 bits per heavy atom. The minimum absolute atomic E-state index is 0.135. The maximum absolute atomic E-state index is 13.9. The monoisotopic (exact) mass is 437 g/mol. The first-order valence-electron chi connectivity index (χ1n) is 12.2. The van der Waals surface area contributed by atoms with Crippen LogP contribution in [-0.2, 0) is 0 Å². The van der Waals surface area contributed by atoms with Gasteiger partial charge in [0.1, 0.15) is 0 Å². The van der Waals surface area contributed by atoms with Gasteiger partial charge in [-0.1, -0.05) is 104 Å². The molecule has 0 spiro atoms. The second-order valence-corrected chi connectivity index (χ2v) is 9.50. The SMILES string of the molecule is O=C(c1ccccc1)[C@H]1CN(C2CCCC2)C[C@@H](C(=O)c2ccccc2)[C@@H]1c1ccccc1. The van der Waals surface area contributed by atoms with Crippen molar-refractivity contribution in [3.63, 3.8) is 0 Å². The molecule has 0 aromatic heterocycles. The van der Waals surface area contributed by atoms with Gasteiger partial charge in [0.2, 0.25) is 0 Å². The van der Waals surface area contributed by atoms with E-state index in [2.05, 4.69) is 17.0 Å². The van der Waals surface area contributed by atoms with Gasteiger partial charge in [0.05, 0.1) is 0 Å². The van der Waals surface area contributed by atoms with Gasteiger partial charge in [-0.05, 0) is 18.4 Å². The lowest BCUT2D eigenvalue weighted by Gasteiger charge is -2.45. The third kappa shape index (κ3) is 4.56. The number of rotatable bonds is 6. The summed E-state index contributed by atoms with van der Waals surface area (Å²) in [5.41, 5.74) is 2.57. The average molecular weight is 438 g/mol. The summed E-state index contributed by atoms with van der Waals surface area (Å²) in [6, 6.07) is 29.9. The zero-order valence-electron chi connectivity index (χ0n) is 19.0. The number of benzene rings is 3. The number of Topliss-reactive ketones (excluding diaryl/α,β-unsaturated/α-hetero) is 2. The molecule has 2 aliphatic rings. The molecular weight excluding hydrogens is 406 g/mol. The van der Waals surface area contributed by atoms with Crippen molar-refractivity contribution < 1.29 is 9.59 Å². The zero-order valence-corrected chi connectivity index (χ0v) is 19.0. The van der Waals surface area contributed by atoms with Gasteiger partial charge in [-0.25, -0.2) is 0 Å². The number of piperidine rings is 1. The third-order valence-electron chi connectivity index (χ3n) is 7.55. The Bertz CT molecular complexity index is 1010. The lowest BCUT2D eigenvalue weighted by Crippen LogP contribution is -2.53. The Labute approximate surface area is 196 Å². The van der Waals surface area contributed by atoms with Crippen LogP contribution in [0, 0.1) is 11.8 Å². The predicted molar refractivity (Wildman–Crippen MR) is 132 cm³/mol. The van der Waals surface area contributed by atoms with Crippen molar-refractivity contribution >= 4 is 11.6 Å². The second-order valence-electron chi connectivity index (χ2n) is 9.50. The Hall–Kier alpha value is -3.04. The van der Waals surface area contributed by atoms with Crippen molar-refractivity contribution in [2.45, 2.75) is 37.6 Å². The van der Waals surface area contributed by atoms with Crippen molar-refractivity contribution in [2.75, 3.05) is 13.1 Å². The van der Waals surface area contributed by atoms with Gasteiger partial charge in [0.15, 0.2) is 11.6 Å². The van der Waals surface area contributed by atoms with Gasteiger partial charge >= 0.3 is 0 Å². The number of nitrogens with zero attached hydrogens (tertiary/aromatic N) is 1. The van der Waals surface area contributed by atoms with Crippen LogP contribution in [0.5, 0.6) is 0 Å². The third-order valence-corrected chi connectivity index (χ3v) is 7.55. The zero-order chi connectivity index (χ0) is 22.6. The number of carbonyl (C=O) groups excluding carboxylic acids is 2. The van der Waals surface area contributed by atoms with E-state index < -0.39 is 0 Å². The van der Waals surface area contributed by atoms with Crippen LogP contribution in [-0.4, -0.2) is 35.6 Å². The fraction of sp³-hybridized carbons (Fsp3) is 0.333. The predicted octanol–water partition coefficient (Wildman–Crippen LogP) is 6.03. The molecule has 2 fully saturated rings. The summed E-state index contributed by atoms with van der Waals surface area (Å²) >= 11 is 0. The minimum atomic E-state index is -0.248. The lowest BCUT2D eigenvalue weighted by molar-refractivity contribution is 0.0461. The van der Waals surface area contributed by atoms with Crippen LogP contribution in [0.4, 0.5) is 0 Å². The van der Waals surface area contributed by atoms with Crippen molar-refractivity contribution in [1.29, 1.82) is 0 Å². The second kappa shape index (κ2) is 9.84. The topological polar surface area (TPSA) is 37.4 Å². The molecule has 3 aromatic rings. The Balaban J connectivity index is 1.58. The van der Waals surface area contributed by atoms with Gasteiger partial charge in [0.25, 0.3) is 0 Å². The van der Waals surface area contributed by atoms with Crippen molar-refractivity contribution in [2.24, 2.45) is 11.8 Å². The first kappa shape index (κ1) is 21.8.